The third kappa shape index (κ3) is 6.56. The van der Waals surface area contributed by atoms with E-state index in [1.54, 1.807) is 20.6 Å². The van der Waals surface area contributed by atoms with Gasteiger partial charge in [0.2, 0.25) is 5.71 Å². The zero-order chi connectivity index (χ0) is 26.7. The summed E-state index contributed by atoms with van der Waals surface area (Å²) in [5.74, 6) is 0.420. The Balaban J connectivity index is 1.70. The van der Waals surface area contributed by atoms with Gasteiger partial charge in [-0.25, -0.2) is 9.29 Å². The molecule has 2 aromatic heterocycles. The van der Waals surface area contributed by atoms with Crippen molar-refractivity contribution in [3.8, 4) is 11.3 Å². The largest absolute Gasteiger partial charge is 0.760 e. The van der Waals surface area contributed by atoms with Crippen molar-refractivity contribution in [3.05, 3.63) is 52.7 Å². The molecule has 1 N–H and O–H groups in total. The second-order valence-corrected chi connectivity index (χ2v) is 13.2. The molecule has 0 spiro atoms. The molecule has 37 heavy (non-hydrogen) atoms. The molecule has 3 aromatic rings. The summed E-state index contributed by atoms with van der Waals surface area (Å²) in [7, 11) is -1.18. The van der Waals surface area contributed by atoms with Gasteiger partial charge in [-0.2, -0.15) is 0 Å². The lowest BCUT2D eigenvalue weighted by atomic mass is 10.0. The summed E-state index contributed by atoms with van der Waals surface area (Å²) >= 11 is -2.49. The summed E-state index contributed by atoms with van der Waals surface area (Å²) in [5.41, 5.74) is 4.10. The number of benzene rings is 1. The molecule has 200 valence electrons. The van der Waals surface area contributed by atoms with Crippen LogP contribution >= 0.6 is 7.37 Å². The molecule has 1 aliphatic carbocycles. The maximum atomic E-state index is 12.9. The smallest absolute Gasteiger partial charge is 0.255 e. The van der Waals surface area contributed by atoms with Crippen LogP contribution in [-0.2, 0) is 26.9 Å². The third-order valence-electron chi connectivity index (χ3n) is 6.49. The van der Waals surface area contributed by atoms with E-state index < -0.39 is 18.6 Å². The second-order valence-electron chi connectivity index (χ2n) is 9.49. The Morgan fingerprint density at radius 3 is 2.62 bits per heavy atom. The van der Waals surface area contributed by atoms with Crippen LogP contribution in [0.4, 0.5) is 0 Å². The number of aromatic nitrogens is 1. The lowest BCUT2D eigenvalue weighted by Gasteiger charge is -2.25. The lowest BCUT2D eigenvalue weighted by molar-refractivity contribution is 0.0964. The molecule has 1 saturated carbocycles. The van der Waals surface area contributed by atoms with Gasteiger partial charge in [-0.1, -0.05) is 29.8 Å². The quantitative estimate of drug-likeness (QED) is 0.251. The molecule has 4 rings (SSSR count). The molecule has 2 heterocycles. The Hall–Kier alpha value is -2.36. The molecule has 1 amide bonds. The first-order valence-electron chi connectivity index (χ1n) is 12.4. The van der Waals surface area contributed by atoms with E-state index in [9.17, 15) is 18.1 Å². The summed E-state index contributed by atoms with van der Waals surface area (Å²) < 4.78 is 49.3. The third-order valence-corrected chi connectivity index (χ3v) is 9.16. The van der Waals surface area contributed by atoms with Crippen LogP contribution in [0, 0.1) is 6.92 Å². The van der Waals surface area contributed by atoms with Crippen molar-refractivity contribution < 1.29 is 27.1 Å². The van der Waals surface area contributed by atoms with Gasteiger partial charge >= 0.3 is 0 Å². The predicted molar refractivity (Wildman–Crippen MR) is 144 cm³/mol. The minimum Gasteiger partial charge on any atom is -0.760 e. The Labute approximate surface area is 219 Å². The fraction of sp³-hybridized carbons (Fsp3) is 0.462. The van der Waals surface area contributed by atoms with E-state index in [1.165, 1.54) is 4.31 Å². The monoisotopic (exact) mass is 546 g/mol. The lowest BCUT2D eigenvalue weighted by Crippen LogP contribution is -2.28. The van der Waals surface area contributed by atoms with E-state index in [4.69, 9.17) is 13.9 Å². The van der Waals surface area contributed by atoms with Crippen LogP contribution < -0.4 is 5.32 Å². The van der Waals surface area contributed by atoms with Crippen molar-refractivity contribution in [1.82, 2.24) is 14.6 Å². The molecule has 2 unspecified atom stereocenters. The second kappa shape index (κ2) is 11.6. The van der Waals surface area contributed by atoms with Crippen molar-refractivity contribution >= 4 is 35.6 Å². The highest BCUT2D eigenvalue weighted by Crippen LogP contribution is 2.45. The average molecular weight is 547 g/mol. The van der Waals surface area contributed by atoms with Crippen LogP contribution in [0.25, 0.3) is 22.4 Å². The molecule has 9 nitrogen and oxygen atoms in total. The summed E-state index contributed by atoms with van der Waals surface area (Å²) in [4.78, 5) is 17.7. The number of nitrogens with one attached hydrogen (secondary N) is 1. The summed E-state index contributed by atoms with van der Waals surface area (Å²) in [5, 5.41) is 3.31. The first-order chi connectivity index (χ1) is 17.6. The number of fused-ring (bicyclic) bond motifs is 1. The predicted octanol–water partition coefficient (Wildman–Crippen LogP) is 4.97. The van der Waals surface area contributed by atoms with Crippen molar-refractivity contribution in [2.45, 2.75) is 45.6 Å². The molecular formula is C26H33N3O6PS-. The first kappa shape index (κ1) is 27.7. The Morgan fingerprint density at radius 1 is 1.32 bits per heavy atom. The molecule has 0 bridgehead atoms. The number of carbonyl (C=O) groups excluding carboxylic acids is 1. The molecule has 0 aliphatic heterocycles. The van der Waals surface area contributed by atoms with Gasteiger partial charge < -0.3 is 18.8 Å². The van der Waals surface area contributed by atoms with E-state index in [-0.39, 0.29) is 24.9 Å². The van der Waals surface area contributed by atoms with Crippen molar-refractivity contribution in [3.63, 3.8) is 0 Å². The SMILES string of the molecule is CCOP(C)(=O)CCCN(Cc1nc2oc(-c3ccc(C)cc3)c(C(=O)NC)c2cc1C1CC1)S(=O)[O-]. The number of pyridine rings is 1. The van der Waals surface area contributed by atoms with Gasteiger partial charge in [0.1, 0.15) is 5.76 Å². The number of amides is 1. The number of hydrogen-bond donors (Lipinski definition) is 1. The van der Waals surface area contributed by atoms with Gasteiger partial charge in [0.05, 0.1) is 29.8 Å². The summed E-state index contributed by atoms with van der Waals surface area (Å²) in [6, 6.07) is 9.64. The molecule has 0 radical (unpaired) electrons. The van der Waals surface area contributed by atoms with Crippen molar-refractivity contribution in [2.24, 2.45) is 0 Å². The van der Waals surface area contributed by atoms with Gasteiger partial charge in [-0.3, -0.25) is 13.6 Å². The van der Waals surface area contributed by atoms with Crippen molar-refractivity contribution in [2.75, 3.05) is 33.0 Å². The van der Waals surface area contributed by atoms with Gasteiger partial charge in [0.25, 0.3) is 5.91 Å². The van der Waals surface area contributed by atoms with Gasteiger partial charge in [0.15, 0.2) is 7.37 Å². The highest BCUT2D eigenvalue weighted by Gasteiger charge is 2.31. The molecule has 0 saturated heterocycles. The van der Waals surface area contributed by atoms with E-state index >= 15 is 0 Å². The number of carbonyl (C=O) groups is 1. The Morgan fingerprint density at radius 2 is 2.03 bits per heavy atom. The van der Waals surface area contributed by atoms with Crippen LogP contribution in [0.3, 0.4) is 0 Å². The van der Waals surface area contributed by atoms with E-state index in [2.05, 4.69) is 5.32 Å². The maximum Gasteiger partial charge on any atom is 0.255 e. The van der Waals surface area contributed by atoms with Crippen molar-refractivity contribution in [1.29, 1.82) is 0 Å². The minimum atomic E-state index is -2.75. The summed E-state index contributed by atoms with van der Waals surface area (Å²) in [6.45, 7) is 5.95. The van der Waals surface area contributed by atoms with Crippen LogP contribution in [0.2, 0.25) is 0 Å². The van der Waals surface area contributed by atoms with Gasteiger partial charge in [-0.05, 0) is 50.7 Å². The van der Waals surface area contributed by atoms with Gasteiger partial charge in [-0.15, -0.1) is 0 Å². The zero-order valence-electron chi connectivity index (χ0n) is 21.6. The Bertz CT molecular complexity index is 1350. The minimum absolute atomic E-state index is 0.0659. The van der Waals surface area contributed by atoms with Crippen LogP contribution in [0.1, 0.15) is 59.3 Å². The molecule has 1 aromatic carbocycles. The molecule has 1 fully saturated rings. The molecule has 11 heteroatoms. The highest BCUT2D eigenvalue weighted by atomic mass is 32.2. The fourth-order valence-corrected chi connectivity index (χ4v) is 6.35. The number of furan rings is 1. The van der Waals surface area contributed by atoms with Crippen LogP contribution in [0.5, 0.6) is 0 Å². The number of nitrogens with zero attached hydrogens (tertiary/aromatic N) is 2. The topological polar surface area (TPSA) is 125 Å². The molecular weight excluding hydrogens is 513 g/mol. The summed E-state index contributed by atoms with van der Waals surface area (Å²) in [6.07, 6.45) is 2.66. The standard InChI is InChI=1S/C26H34N3O6PS/c1-5-34-36(4,31)14-6-13-29(37(32)33)16-22-20(18-11-12-18)15-21-23(25(30)27-3)24(35-26(21)28-22)19-9-7-17(2)8-10-19/h7-10,15,18H,5-6,11-14,16H2,1-4H3,(H,27,30)(H,32,33)/p-1. The maximum absolute atomic E-state index is 12.9. The number of aryl methyl sites for hydroxylation is 1. The zero-order valence-corrected chi connectivity index (χ0v) is 23.3. The van der Waals surface area contributed by atoms with Crippen LogP contribution in [-0.4, -0.2) is 57.0 Å². The molecule has 1 aliphatic rings. The number of hydrogen-bond acceptors (Lipinski definition) is 7. The highest BCUT2D eigenvalue weighted by molar-refractivity contribution is 7.76. The Kier molecular flexibility index (Phi) is 8.66. The average Bonchev–Trinajstić information content (AvgIpc) is 3.63. The normalized spacial score (nSPS) is 16.2. The van der Waals surface area contributed by atoms with E-state index in [0.29, 0.717) is 47.3 Å². The van der Waals surface area contributed by atoms with E-state index in [1.807, 2.05) is 37.3 Å². The van der Waals surface area contributed by atoms with Crippen LogP contribution in [0.15, 0.2) is 34.7 Å². The molecule has 2 atom stereocenters. The first-order valence-corrected chi connectivity index (χ1v) is 15.7. The van der Waals surface area contributed by atoms with Gasteiger partial charge in [0, 0.05) is 43.2 Å². The number of rotatable bonds is 12. The fourth-order valence-electron chi connectivity index (χ4n) is 4.45. The van der Waals surface area contributed by atoms with E-state index in [0.717, 1.165) is 29.5 Å².